The smallest absolute Gasteiger partial charge is 0.155 e. The van der Waals surface area contributed by atoms with Crippen LogP contribution in [0.1, 0.15) is 36.1 Å². The molecule has 1 heterocycles. The standard InChI is InChI=1S/C19H18N.C5H8O2.Ir/c1-12-5-7-18-16(10-12)6-8-19(20-18)17-11-13(2)9-14(3)15(17)4;1-4(6)3-5(2)7;/h5-11H,4H2,1-3H3;3,6H,1-2H3;/q-1;;/b;4-3-;. The minimum Gasteiger partial charge on any atom is -0.512 e. The van der Waals surface area contributed by atoms with Crippen molar-refractivity contribution in [2.24, 2.45) is 0 Å². The van der Waals surface area contributed by atoms with Gasteiger partial charge in [-0.15, -0.1) is 17.7 Å². The van der Waals surface area contributed by atoms with E-state index in [9.17, 15) is 4.79 Å². The maximum atomic E-state index is 10.0. The molecule has 1 N–H and O–H groups in total. The minimum absolute atomic E-state index is 0. The molecule has 149 valence electrons. The van der Waals surface area contributed by atoms with Gasteiger partial charge >= 0.3 is 0 Å². The molecular formula is C24H26IrNO2-. The molecule has 3 nitrogen and oxygen atoms in total. The molecule has 4 heteroatoms. The fourth-order valence-corrected chi connectivity index (χ4v) is 2.92. The second-order valence-electron chi connectivity index (χ2n) is 6.90. The van der Waals surface area contributed by atoms with E-state index in [1.807, 2.05) is 0 Å². The Labute approximate surface area is 180 Å². The summed E-state index contributed by atoms with van der Waals surface area (Å²) in [6, 6.07) is 14.9. The number of rotatable bonds is 2. The minimum atomic E-state index is -0.125. The summed E-state index contributed by atoms with van der Waals surface area (Å²) in [6.07, 6.45) is 1.17. The van der Waals surface area contributed by atoms with E-state index in [1.165, 1.54) is 42.0 Å². The molecule has 28 heavy (non-hydrogen) atoms. The Balaban J connectivity index is 0.000000425. The maximum Gasteiger partial charge on any atom is 0.155 e. The number of carbonyl (C=O) groups excluding carboxylic acids is 1. The van der Waals surface area contributed by atoms with Crippen molar-refractivity contribution in [2.75, 3.05) is 0 Å². The summed E-state index contributed by atoms with van der Waals surface area (Å²) in [5, 5.41) is 9.55. The van der Waals surface area contributed by atoms with Gasteiger partial charge in [0.15, 0.2) is 5.78 Å². The molecule has 0 bridgehead atoms. The zero-order chi connectivity index (χ0) is 20.1. The van der Waals surface area contributed by atoms with Crippen LogP contribution in [0.3, 0.4) is 0 Å². The number of allylic oxidation sites excluding steroid dienone is 2. The Hall–Kier alpha value is -2.42. The molecule has 0 amide bonds. The van der Waals surface area contributed by atoms with Crippen LogP contribution in [-0.2, 0) is 24.9 Å². The van der Waals surface area contributed by atoms with Crippen molar-refractivity contribution < 1.29 is 30.0 Å². The van der Waals surface area contributed by atoms with Crippen molar-refractivity contribution in [3.05, 3.63) is 83.5 Å². The quantitative estimate of drug-likeness (QED) is 0.240. The third kappa shape index (κ3) is 6.33. The molecule has 0 unspecified atom stereocenters. The Kier molecular flexibility index (Phi) is 8.62. The predicted octanol–water partition coefficient (Wildman–Crippen LogP) is 6.04. The van der Waals surface area contributed by atoms with Crippen molar-refractivity contribution in [1.29, 1.82) is 0 Å². The van der Waals surface area contributed by atoms with Crippen molar-refractivity contribution in [3.63, 3.8) is 0 Å². The van der Waals surface area contributed by atoms with Gasteiger partial charge in [0.1, 0.15) is 0 Å². The third-order valence-corrected chi connectivity index (χ3v) is 4.15. The SMILES string of the molecule is CC(=O)/C=C(/C)O.[CH2-]c1c(C)cc(C)cc1-c1ccc2cc(C)ccc2n1.[Ir]. The number of nitrogens with zero attached hydrogens (tertiary/aromatic N) is 1. The number of aliphatic hydroxyl groups excluding tert-OH is 1. The number of aromatic nitrogens is 1. The number of aliphatic hydroxyl groups is 1. The van der Waals surface area contributed by atoms with Crippen molar-refractivity contribution in [2.45, 2.75) is 34.6 Å². The Morgan fingerprint density at radius 3 is 2.25 bits per heavy atom. The fourth-order valence-electron chi connectivity index (χ4n) is 2.92. The van der Waals surface area contributed by atoms with E-state index in [4.69, 9.17) is 10.1 Å². The van der Waals surface area contributed by atoms with Crippen molar-refractivity contribution >= 4 is 16.7 Å². The van der Waals surface area contributed by atoms with Gasteiger partial charge in [-0.3, -0.25) is 9.78 Å². The fraction of sp³-hybridized carbons (Fsp3) is 0.208. The van der Waals surface area contributed by atoms with Crippen LogP contribution < -0.4 is 0 Å². The first-order valence-electron chi connectivity index (χ1n) is 8.86. The first kappa shape index (κ1) is 23.6. The summed E-state index contributed by atoms with van der Waals surface area (Å²) in [5.41, 5.74) is 7.95. The maximum absolute atomic E-state index is 10.0. The molecule has 0 saturated heterocycles. The van der Waals surface area contributed by atoms with Crippen molar-refractivity contribution in [1.82, 2.24) is 4.98 Å². The summed E-state index contributed by atoms with van der Waals surface area (Å²) >= 11 is 0. The van der Waals surface area contributed by atoms with Gasteiger partial charge < -0.3 is 5.11 Å². The molecule has 0 spiro atoms. The van der Waals surface area contributed by atoms with Gasteiger partial charge in [0.05, 0.1) is 11.3 Å². The van der Waals surface area contributed by atoms with Crippen LogP contribution in [0.25, 0.3) is 22.2 Å². The number of benzene rings is 2. The average Bonchev–Trinajstić information content (AvgIpc) is 2.57. The number of hydrogen-bond donors (Lipinski definition) is 1. The molecule has 1 radical (unpaired) electrons. The molecule has 0 saturated carbocycles. The van der Waals surface area contributed by atoms with Crippen LogP contribution in [0.4, 0.5) is 0 Å². The molecule has 3 aromatic rings. The Morgan fingerprint density at radius 2 is 1.68 bits per heavy atom. The summed E-state index contributed by atoms with van der Waals surface area (Å²) in [6.45, 7) is 13.4. The van der Waals surface area contributed by atoms with Gasteiger partial charge in [0.2, 0.25) is 0 Å². The summed E-state index contributed by atoms with van der Waals surface area (Å²) in [7, 11) is 0. The molecule has 0 aliphatic heterocycles. The Bertz CT molecular complexity index is 1020. The van der Waals surface area contributed by atoms with E-state index in [-0.39, 0.29) is 31.6 Å². The van der Waals surface area contributed by atoms with Crippen LogP contribution in [0.2, 0.25) is 0 Å². The van der Waals surface area contributed by atoms with Crippen LogP contribution in [0.5, 0.6) is 0 Å². The normalized spacial score (nSPS) is 10.7. The van der Waals surface area contributed by atoms with E-state index in [1.54, 1.807) is 0 Å². The number of carbonyl (C=O) groups is 1. The van der Waals surface area contributed by atoms with Crippen LogP contribution in [0, 0.1) is 27.7 Å². The van der Waals surface area contributed by atoms with Gasteiger partial charge in [-0.1, -0.05) is 30.2 Å². The molecule has 2 aromatic carbocycles. The molecule has 0 aliphatic carbocycles. The zero-order valence-electron chi connectivity index (χ0n) is 17.0. The second-order valence-corrected chi connectivity index (χ2v) is 6.90. The van der Waals surface area contributed by atoms with Gasteiger partial charge in [-0.25, -0.2) is 0 Å². The summed E-state index contributed by atoms with van der Waals surface area (Å²) in [4.78, 5) is 14.8. The molecule has 0 aliphatic rings. The van der Waals surface area contributed by atoms with E-state index < -0.39 is 0 Å². The van der Waals surface area contributed by atoms with Gasteiger partial charge in [-0.2, -0.15) is 18.1 Å². The number of pyridine rings is 1. The topological polar surface area (TPSA) is 50.2 Å². The zero-order valence-corrected chi connectivity index (χ0v) is 19.4. The predicted molar refractivity (Wildman–Crippen MR) is 113 cm³/mol. The third-order valence-electron chi connectivity index (χ3n) is 4.15. The molecular weight excluding hydrogens is 526 g/mol. The van der Waals surface area contributed by atoms with Crippen LogP contribution >= 0.6 is 0 Å². The van der Waals surface area contributed by atoms with E-state index >= 15 is 0 Å². The molecule has 1 aromatic heterocycles. The van der Waals surface area contributed by atoms with E-state index in [0.29, 0.717) is 0 Å². The first-order valence-corrected chi connectivity index (χ1v) is 8.86. The monoisotopic (exact) mass is 553 g/mol. The molecule has 0 fully saturated rings. The van der Waals surface area contributed by atoms with Crippen LogP contribution in [-0.4, -0.2) is 15.9 Å². The number of fused-ring (bicyclic) bond motifs is 1. The van der Waals surface area contributed by atoms with Crippen molar-refractivity contribution in [3.8, 4) is 11.3 Å². The van der Waals surface area contributed by atoms with E-state index in [0.717, 1.165) is 22.3 Å². The molecule has 0 atom stereocenters. The Morgan fingerprint density at radius 1 is 1.00 bits per heavy atom. The van der Waals surface area contributed by atoms with Crippen LogP contribution in [0.15, 0.2) is 54.3 Å². The number of ketones is 1. The van der Waals surface area contributed by atoms with Gasteiger partial charge in [-0.05, 0) is 45.9 Å². The number of hydrogen-bond acceptors (Lipinski definition) is 3. The van der Waals surface area contributed by atoms with Gasteiger partial charge in [0, 0.05) is 37.3 Å². The average molecular weight is 553 g/mol. The largest absolute Gasteiger partial charge is 0.512 e. The van der Waals surface area contributed by atoms with E-state index in [2.05, 4.69) is 70.2 Å². The number of aryl methyl sites for hydroxylation is 3. The first-order chi connectivity index (χ1) is 12.7. The summed E-state index contributed by atoms with van der Waals surface area (Å²) < 4.78 is 0. The van der Waals surface area contributed by atoms with Gasteiger partial charge in [0.25, 0.3) is 0 Å². The second kappa shape index (κ2) is 10.2. The molecule has 3 rings (SSSR count). The summed E-state index contributed by atoms with van der Waals surface area (Å²) in [5.74, 6) is -0.0625.